The highest BCUT2D eigenvalue weighted by atomic mass is 35.5. The number of rotatable bonds is 3. The van der Waals surface area contributed by atoms with Crippen molar-refractivity contribution in [3.8, 4) is 0 Å². The molecule has 14 heavy (non-hydrogen) atoms. The van der Waals surface area contributed by atoms with Crippen LogP contribution in [0.3, 0.4) is 0 Å². The van der Waals surface area contributed by atoms with Crippen LogP contribution in [-0.4, -0.2) is 16.8 Å². The zero-order valence-corrected chi connectivity index (χ0v) is 9.44. The Balaban J connectivity index is 3.07. The van der Waals surface area contributed by atoms with Crippen LogP contribution in [0.1, 0.15) is 18.1 Å². The Labute approximate surface area is 97.0 Å². The summed E-state index contributed by atoms with van der Waals surface area (Å²) in [5.41, 5.74) is 0.443. The summed E-state index contributed by atoms with van der Waals surface area (Å²) >= 11 is 17.4. The van der Waals surface area contributed by atoms with Crippen molar-refractivity contribution in [3.05, 3.63) is 32.8 Å². The minimum atomic E-state index is -0.844. The van der Waals surface area contributed by atoms with E-state index >= 15 is 0 Å². The van der Waals surface area contributed by atoms with Crippen LogP contribution in [-0.2, 0) is 0 Å². The first-order valence-corrected chi connectivity index (χ1v) is 5.13. The average molecular weight is 256 g/mol. The van der Waals surface area contributed by atoms with Gasteiger partial charge in [-0.3, -0.25) is 0 Å². The third kappa shape index (κ3) is 2.75. The van der Waals surface area contributed by atoms with Crippen LogP contribution >= 0.6 is 34.8 Å². The first-order valence-electron chi connectivity index (χ1n) is 3.99. The van der Waals surface area contributed by atoms with Crippen molar-refractivity contribution < 1.29 is 10.2 Å². The van der Waals surface area contributed by atoms with E-state index in [1.807, 2.05) is 0 Å². The second-order valence-corrected chi connectivity index (χ2v) is 4.04. The minimum absolute atomic E-state index is 0.123. The van der Waals surface area contributed by atoms with Gasteiger partial charge in [0.15, 0.2) is 0 Å². The summed E-state index contributed by atoms with van der Waals surface area (Å²) < 4.78 is 0. The van der Waals surface area contributed by atoms with Gasteiger partial charge in [-0.2, -0.15) is 0 Å². The van der Waals surface area contributed by atoms with Crippen LogP contribution in [0.5, 0.6) is 0 Å². The first-order chi connectivity index (χ1) is 6.56. The van der Waals surface area contributed by atoms with Gasteiger partial charge in [-0.25, -0.2) is 0 Å². The van der Waals surface area contributed by atoms with E-state index in [0.29, 0.717) is 15.6 Å². The van der Waals surface area contributed by atoms with Crippen LogP contribution in [0, 0.1) is 0 Å². The fourth-order valence-electron chi connectivity index (χ4n) is 1.10. The van der Waals surface area contributed by atoms with Crippen molar-refractivity contribution in [1.82, 2.24) is 0 Å². The largest absolute Gasteiger partial charge is 0.396 e. The van der Waals surface area contributed by atoms with Gasteiger partial charge in [0.25, 0.3) is 0 Å². The number of hydrogen-bond donors (Lipinski definition) is 2. The maximum absolute atomic E-state index is 9.59. The fraction of sp³-hybridized carbons (Fsp3) is 0.333. The maximum Gasteiger partial charge on any atom is 0.0827 e. The molecule has 0 aliphatic rings. The van der Waals surface area contributed by atoms with Gasteiger partial charge in [0.2, 0.25) is 0 Å². The molecule has 2 nitrogen and oxygen atoms in total. The number of benzene rings is 1. The second-order valence-electron chi connectivity index (χ2n) is 2.82. The Morgan fingerprint density at radius 1 is 1.21 bits per heavy atom. The molecular weight excluding hydrogens is 246 g/mol. The smallest absolute Gasteiger partial charge is 0.0827 e. The third-order valence-corrected chi connectivity index (χ3v) is 2.82. The second kappa shape index (κ2) is 5.19. The fourth-order valence-corrected chi connectivity index (χ4v) is 1.84. The van der Waals surface area contributed by atoms with Gasteiger partial charge in [-0.15, -0.1) is 0 Å². The molecule has 5 heteroatoms. The molecular formula is C9H9Cl3O2. The highest BCUT2D eigenvalue weighted by molar-refractivity contribution is 6.43. The standard InChI is InChI=1S/C9H9Cl3O2/c10-5-3-6(8(14)1-2-13)9(12)7(11)4-5/h3-4,8,13-14H,1-2H2. The number of aliphatic hydroxyl groups excluding tert-OH is 2. The lowest BCUT2D eigenvalue weighted by Crippen LogP contribution is -2.01. The van der Waals surface area contributed by atoms with E-state index in [1.165, 1.54) is 12.1 Å². The normalized spacial score (nSPS) is 12.9. The molecule has 0 spiro atoms. The molecule has 0 heterocycles. The van der Waals surface area contributed by atoms with Crippen molar-refractivity contribution >= 4 is 34.8 Å². The van der Waals surface area contributed by atoms with Crippen LogP contribution in [0.2, 0.25) is 15.1 Å². The van der Waals surface area contributed by atoms with Crippen molar-refractivity contribution in [2.75, 3.05) is 6.61 Å². The number of hydrogen-bond acceptors (Lipinski definition) is 2. The van der Waals surface area contributed by atoms with E-state index in [4.69, 9.17) is 39.9 Å². The summed E-state index contributed by atoms with van der Waals surface area (Å²) in [7, 11) is 0. The van der Waals surface area contributed by atoms with Gasteiger partial charge in [0.05, 0.1) is 16.1 Å². The van der Waals surface area contributed by atoms with Crippen molar-refractivity contribution in [2.45, 2.75) is 12.5 Å². The molecule has 1 unspecified atom stereocenters. The van der Waals surface area contributed by atoms with Crippen LogP contribution in [0.15, 0.2) is 12.1 Å². The lowest BCUT2D eigenvalue weighted by molar-refractivity contribution is 0.134. The van der Waals surface area contributed by atoms with Crippen LogP contribution in [0.25, 0.3) is 0 Å². The van der Waals surface area contributed by atoms with E-state index in [0.717, 1.165) is 0 Å². The summed E-state index contributed by atoms with van der Waals surface area (Å²) in [6, 6.07) is 3.04. The molecule has 1 aromatic carbocycles. The van der Waals surface area contributed by atoms with Gasteiger partial charge in [0.1, 0.15) is 0 Å². The van der Waals surface area contributed by atoms with Gasteiger partial charge in [-0.1, -0.05) is 34.8 Å². The predicted molar refractivity (Wildman–Crippen MR) is 58.1 cm³/mol. The molecule has 0 amide bonds. The molecule has 2 N–H and O–H groups in total. The molecule has 1 aromatic rings. The molecule has 0 fully saturated rings. The van der Waals surface area contributed by atoms with E-state index < -0.39 is 6.10 Å². The molecule has 0 aromatic heterocycles. The Morgan fingerprint density at radius 3 is 2.43 bits per heavy atom. The Kier molecular flexibility index (Phi) is 4.48. The third-order valence-electron chi connectivity index (χ3n) is 1.78. The quantitative estimate of drug-likeness (QED) is 0.815. The summed E-state index contributed by atoms with van der Waals surface area (Å²) in [6.45, 7) is -0.123. The molecule has 0 saturated heterocycles. The highest BCUT2D eigenvalue weighted by Crippen LogP contribution is 2.34. The zero-order chi connectivity index (χ0) is 10.7. The summed E-state index contributed by atoms with van der Waals surface area (Å²) in [5.74, 6) is 0. The monoisotopic (exact) mass is 254 g/mol. The average Bonchev–Trinajstić information content (AvgIpc) is 2.11. The van der Waals surface area contributed by atoms with E-state index in [-0.39, 0.29) is 18.1 Å². The Bertz CT molecular complexity index is 328. The minimum Gasteiger partial charge on any atom is -0.396 e. The Morgan fingerprint density at radius 2 is 1.86 bits per heavy atom. The summed E-state index contributed by atoms with van der Waals surface area (Å²) in [6.07, 6.45) is -0.639. The number of halogens is 3. The van der Waals surface area contributed by atoms with E-state index in [2.05, 4.69) is 0 Å². The molecule has 0 radical (unpaired) electrons. The lowest BCUT2D eigenvalue weighted by atomic mass is 10.1. The van der Waals surface area contributed by atoms with E-state index in [9.17, 15) is 5.11 Å². The SMILES string of the molecule is OCCC(O)c1cc(Cl)cc(Cl)c1Cl. The predicted octanol–water partition coefficient (Wildman–Crippen LogP) is 3.06. The topological polar surface area (TPSA) is 40.5 Å². The van der Waals surface area contributed by atoms with Crippen molar-refractivity contribution in [2.24, 2.45) is 0 Å². The van der Waals surface area contributed by atoms with Crippen molar-refractivity contribution in [3.63, 3.8) is 0 Å². The Hall–Kier alpha value is 0.01000. The van der Waals surface area contributed by atoms with Gasteiger partial charge in [0, 0.05) is 23.6 Å². The molecule has 0 saturated carbocycles. The maximum atomic E-state index is 9.59. The summed E-state index contributed by atoms with van der Waals surface area (Å²) in [5, 5.41) is 19.2. The zero-order valence-electron chi connectivity index (χ0n) is 7.17. The highest BCUT2D eigenvalue weighted by Gasteiger charge is 2.14. The van der Waals surface area contributed by atoms with E-state index in [1.54, 1.807) is 0 Å². The van der Waals surface area contributed by atoms with Crippen LogP contribution < -0.4 is 0 Å². The molecule has 0 aliphatic heterocycles. The van der Waals surface area contributed by atoms with Crippen LogP contribution in [0.4, 0.5) is 0 Å². The van der Waals surface area contributed by atoms with Crippen molar-refractivity contribution in [1.29, 1.82) is 0 Å². The molecule has 0 bridgehead atoms. The first kappa shape index (κ1) is 12.1. The van der Waals surface area contributed by atoms with Gasteiger partial charge < -0.3 is 10.2 Å². The van der Waals surface area contributed by atoms with Gasteiger partial charge in [-0.05, 0) is 12.1 Å². The lowest BCUT2D eigenvalue weighted by Gasteiger charge is -2.12. The summed E-state index contributed by atoms with van der Waals surface area (Å²) in [4.78, 5) is 0. The molecule has 78 valence electrons. The molecule has 0 aliphatic carbocycles. The van der Waals surface area contributed by atoms with Gasteiger partial charge >= 0.3 is 0 Å². The molecule has 1 atom stereocenters. The number of aliphatic hydroxyl groups is 2. The molecule has 1 rings (SSSR count).